The van der Waals surface area contributed by atoms with Crippen LogP contribution in [0.15, 0.2) is 158 Å². The minimum Gasteiger partial charge on any atom is -0.310 e. The van der Waals surface area contributed by atoms with Gasteiger partial charge in [0.1, 0.15) is 0 Å². The van der Waals surface area contributed by atoms with Crippen LogP contribution in [0.4, 0.5) is 17.1 Å². The maximum Gasteiger partial charge on any atom is 0.0540 e. The Bertz CT molecular complexity index is 1620. The molecule has 0 aliphatic carbocycles. The van der Waals surface area contributed by atoms with E-state index in [-0.39, 0.29) is 0 Å². The van der Waals surface area contributed by atoms with Crippen molar-refractivity contribution in [2.24, 2.45) is 0 Å². The van der Waals surface area contributed by atoms with Crippen molar-refractivity contribution in [1.82, 2.24) is 0 Å². The number of benzene rings is 6. The summed E-state index contributed by atoms with van der Waals surface area (Å²) >= 11 is 0. The van der Waals surface area contributed by atoms with Gasteiger partial charge in [-0.2, -0.15) is 0 Å². The number of rotatable bonds is 6. The van der Waals surface area contributed by atoms with Crippen molar-refractivity contribution in [3.8, 4) is 33.4 Å². The van der Waals surface area contributed by atoms with Gasteiger partial charge >= 0.3 is 0 Å². The molecule has 0 spiro atoms. The molecule has 6 aromatic carbocycles. The predicted molar refractivity (Wildman–Crippen MR) is 162 cm³/mol. The second-order valence-electron chi connectivity index (χ2n) is 9.55. The molecule has 0 atom stereocenters. The average Bonchev–Trinajstić information content (AvgIpc) is 3.00. The lowest BCUT2D eigenvalue weighted by atomic mass is 9.96. The molecule has 0 aliphatic rings. The van der Waals surface area contributed by atoms with Crippen molar-refractivity contribution < 1.29 is 0 Å². The summed E-state index contributed by atoms with van der Waals surface area (Å²) in [6, 6.07) is 56.3. The average molecular weight is 488 g/mol. The summed E-state index contributed by atoms with van der Waals surface area (Å²) < 4.78 is 0. The summed E-state index contributed by atoms with van der Waals surface area (Å²) in [6.07, 6.45) is 0. The summed E-state index contributed by atoms with van der Waals surface area (Å²) in [7, 11) is 0. The Morgan fingerprint density at radius 2 is 0.789 bits per heavy atom. The van der Waals surface area contributed by atoms with Crippen molar-refractivity contribution >= 4 is 17.1 Å². The molecule has 0 N–H and O–H groups in total. The number of hydrogen-bond acceptors (Lipinski definition) is 1. The third-order valence-corrected chi connectivity index (χ3v) is 6.95. The molecule has 182 valence electrons. The van der Waals surface area contributed by atoms with E-state index in [0.29, 0.717) is 0 Å². The Labute approximate surface area is 225 Å². The number of nitrogens with zero attached hydrogens (tertiary/aromatic N) is 1. The highest BCUT2D eigenvalue weighted by molar-refractivity contribution is 5.91. The monoisotopic (exact) mass is 487 g/mol. The molecule has 6 rings (SSSR count). The molecule has 0 fully saturated rings. The van der Waals surface area contributed by atoms with Gasteiger partial charge in [0.05, 0.1) is 5.69 Å². The summed E-state index contributed by atoms with van der Waals surface area (Å²) in [5, 5.41) is 0. The van der Waals surface area contributed by atoms with Crippen LogP contribution in [0.3, 0.4) is 0 Å². The van der Waals surface area contributed by atoms with Crippen LogP contribution in [-0.2, 0) is 0 Å². The first-order valence-corrected chi connectivity index (χ1v) is 13.0. The quantitative estimate of drug-likeness (QED) is 0.226. The molecule has 0 heterocycles. The Hall–Kier alpha value is -4.88. The van der Waals surface area contributed by atoms with Gasteiger partial charge in [0, 0.05) is 16.9 Å². The second kappa shape index (κ2) is 10.6. The van der Waals surface area contributed by atoms with E-state index < -0.39 is 0 Å². The predicted octanol–water partition coefficient (Wildman–Crippen LogP) is 10.5. The highest BCUT2D eigenvalue weighted by Crippen LogP contribution is 2.43. The zero-order chi connectivity index (χ0) is 25.7. The van der Waals surface area contributed by atoms with Crippen LogP contribution in [-0.4, -0.2) is 0 Å². The Morgan fingerprint density at radius 3 is 1.34 bits per heavy atom. The van der Waals surface area contributed by atoms with E-state index >= 15 is 0 Å². The fourth-order valence-electron chi connectivity index (χ4n) is 4.94. The van der Waals surface area contributed by atoms with E-state index in [9.17, 15) is 0 Å². The van der Waals surface area contributed by atoms with Crippen LogP contribution >= 0.6 is 0 Å². The molecule has 0 amide bonds. The van der Waals surface area contributed by atoms with E-state index in [1.54, 1.807) is 0 Å². The maximum atomic E-state index is 2.37. The van der Waals surface area contributed by atoms with Crippen molar-refractivity contribution in [3.63, 3.8) is 0 Å². The third kappa shape index (κ3) is 4.87. The third-order valence-electron chi connectivity index (χ3n) is 6.95. The highest BCUT2D eigenvalue weighted by atomic mass is 15.1. The van der Waals surface area contributed by atoms with Gasteiger partial charge in [-0.15, -0.1) is 0 Å². The van der Waals surface area contributed by atoms with Crippen LogP contribution in [0.5, 0.6) is 0 Å². The van der Waals surface area contributed by atoms with E-state index in [4.69, 9.17) is 0 Å². The van der Waals surface area contributed by atoms with Crippen molar-refractivity contribution in [3.05, 3.63) is 163 Å². The van der Waals surface area contributed by atoms with Gasteiger partial charge in [-0.25, -0.2) is 0 Å². The molecule has 0 saturated carbocycles. The lowest BCUT2D eigenvalue weighted by molar-refractivity contribution is 1.27. The minimum atomic E-state index is 1.12. The topological polar surface area (TPSA) is 3.24 Å². The van der Waals surface area contributed by atoms with Gasteiger partial charge in [0.15, 0.2) is 0 Å². The minimum absolute atomic E-state index is 1.12. The number of hydrogen-bond donors (Lipinski definition) is 0. The Kier molecular flexibility index (Phi) is 6.57. The molecule has 1 heteroatoms. The van der Waals surface area contributed by atoms with Crippen molar-refractivity contribution in [2.75, 3.05) is 4.90 Å². The van der Waals surface area contributed by atoms with Crippen LogP contribution in [0.25, 0.3) is 33.4 Å². The highest BCUT2D eigenvalue weighted by Gasteiger charge is 2.18. The fraction of sp³-hybridized carbons (Fsp3) is 0.0270. The standard InChI is InChI=1S/C37H29N/c1-28-17-22-34(23-18-28)38(35-24-19-31(20-25-35)29-11-5-2-6-12-29)37-26-21-33(30-13-7-3-8-14-30)27-36(37)32-15-9-4-10-16-32/h2-27H,1H3. The second-order valence-corrected chi connectivity index (χ2v) is 9.55. The van der Waals surface area contributed by atoms with E-state index in [0.717, 1.165) is 17.1 Å². The van der Waals surface area contributed by atoms with Crippen molar-refractivity contribution in [2.45, 2.75) is 6.92 Å². The summed E-state index contributed by atoms with van der Waals surface area (Å²) in [5.74, 6) is 0. The van der Waals surface area contributed by atoms with Gasteiger partial charge in [-0.05, 0) is 71.1 Å². The Morgan fingerprint density at radius 1 is 0.368 bits per heavy atom. The van der Waals surface area contributed by atoms with Crippen molar-refractivity contribution in [1.29, 1.82) is 0 Å². The number of aryl methyl sites for hydroxylation is 1. The first kappa shape index (κ1) is 23.5. The summed E-state index contributed by atoms with van der Waals surface area (Å²) in [5.41, 5.74) is 11.9. The van der Waals surface area contributed by atoms with Crippen LogP contribution in [0.2, 0.25) is 0 Å². The largest absolute Gasteiger partial charge is 0.310 e. The molecule has 1 nitrogen and oxygen atoms in total. The molecule has 0 aliphatic heterocycles. The molecule has 0 radical (unpaired) electrons. The zero-order valence-electron chi connectivity index (χ0n) is 21.5. The van der Waals surface area contributed by atoms with Crippen LogP contribution < -0.4 is 4.90 Å². The van der Waals surface area contributed by atoms with Gasteiger partial charge in [-0.3, -0.25) is 0 Å². The molecule has 0 aromatic heterocycles. The lowest BCUT2D eigenvalue weighted by Crippen LogP contribution is -2.11. The molecule has 0 bridgehead atoms. The maximum absolute atomic E-state index is 2.37. The first-order valence-electron chi connectivity index (χ1n) is 13.0. The fourth-order valence-corrected chi connectivity index (χ4v) is 4.94. The van der Waals surface area contributed by atoms with E-state index in [1.165, 1.54) is 38.9 Å². The van der Waals surface area contributed by atoms with Gasteiger partial charge < -0.3 is 4.90 Å². The molecular formula is C37H29N. The molecular weight excluding hydrogens is 458 g/mol. The van der Waals surface area contributed by atoms with E-state index in [1.807, 2.05) is 0 Å². The summed E-state index contributed by atoms with van der Waals surface area (Å²) in [4.78, 5) is 2.37. The molecule has 38 heavy (non-hydrogen) atoms. The van der Waals surface area contributed by atoms with Crippen LogP contribution in [0, 0.1) is 6.92 Å². The molecule has 6 aromatic rings. The smallest absolute Gasteiger partial charge is 0.0540 e. The summed E-state index contributed by atoms with van der Waals surface area (Å²) in [6.45, 7) is 2.13. The molecule has 0 unspecified atom stereocenters. The van der Waals surface area contributed by atoms with Gasteiger partial charge in [0.2, 0.25) is 0 Å². The number of anilines is 3. The zero-order valence-corrected chi connectivity index (χ0v) is 21.5. The Balaban J connectivity index is 1.53. The van der Waals surface area contributed by atoms with Crippen LogP contribution in [0.1, 0.15) is 5.56 Å². The SMILES string of the molecule is Cc1ccc(N(c2ccc(-c3ccccc3)cc2)c2ccc(-c3ccccc3)cc2-c2ccccc2)cc1. The van der Waals surface area contributed by atoms with Gasteiger partial charge in [-0.1, -0.05) is 127 Å². The molecule has 0 saturated heterocycles. The first-order chi connectivity index (χ1) is 18.8. The van der Waals surface area contributed by atoms with E-state index in [2.05, 4.69) is 170 Å². The normalized spacial score (nSPS) is 10.8. The van der Waals surface area contributed by atoms with Gasteiger partial charge in [0.25, 0.3) is 0 Å². The lowest BCUT2D eigenvalue weighted by Gasteiger charge is -2.28.